The van der Waals surface area contributed by atoms with Gasteiger partial charge in [0.2, 0.25) is 5.95 Å². The van der Waals surface area contributed by atoms with E-state index < -0.39 is 0 Å². The molecule has 6 nitrogen and oxygen atoms in total. The van der Waals surface area contributed by atoms with Gasteiger partial charge in [0.1, 0.15) is 0 Å². The number of anilines is 1. The molecule has 28 heavy (non-hydrogen) atoms. The Morgan fingerprint density at radius 2 is 1.93 bits per heavy atom. The molecule has 0 spiro atoms. The van der Waals surface area contributed by atoms with Crippen molar-refractivity contribution in [3.8, 4) is 5.75 Å². The first kappa shape index (κ1) is 20.5. The summed E-state index contributed by atoms with van der Waals surface area (Å²) in [5.74, 6) is 0.446. The lowest BCUT2D eigenvalue weighted by atomic mass is 10.2. The Morgan fingerprint density at radius 1 is 1.21 bits per heavy atom. The van der Waals surface area contributed by atoms with Crippen molar-refractivity contribution >= 4 is 46.1 Å². The van der Waals surface area contributed by atoms with E-state index in [0.29, 0.717) is 37.0 Å². The second kappa shape index (κ2) is 9.28. The third-order valence-electron chi connectivity index (χ3n) is 4.22. The molecule has 0 aliphatic carbocycles. The van der Waals surface area contributed by atoms with E-state index in [9.17, 15) is 4.79 Å². The summed E-state index contributed by atoms with van der Waals surface area (Å²) in [6.45, 7) is 3.94. The van der Waals surface area contributed by atoms with Crippen LogP contribution in [-0.2, 0) is 11.3 Å². The highest BCUT2D eigenvalue weighted by molar-refractivity contribution is 6.37. The molecule has 0 radical (unpaired) electrons. The second-order valence-corrected chi connectivity index (χ2v) is 6.87. The summed E-state index contributed by atoms with van der Waals surface area (Å²) in [6, 6.07) is 10.8. The van der Waals surface area contributed by atoms with Crippen molar-refractivity contribution in [2.24, 2.45) is 0 Å². The van der Waals surface area contributed by atoms with Crippen molar-refractivity contribution in [3.63, 3.8) is 0 Å². The summed E-state index contributed by atoms with van der Waals surface area (Å²) >= 11 is 12.3. The lowest BCUT2D eigenvalue weighted by Crippen LogP contribution is -2.16. The van der Waals surface area contributed by atoms with Crippen LogP contribution in [0.15, 0.2) is 36.4 Å². The molecule has 8 heteroatoms. The van der Waals surface area contributed by atoms with Gasteiger partial charge in [-0.25, -0.2) is 4.98 Å². The number of ether oxygens (including phenoxy) is 2. The number of methoxy groups -OCH3 is 1. The predicted octanol–water partition coefficient (Wildman–Crippen LogP) is 5.03. The first-order valence-corrected chi connectivity index (χ1v) is 9.68. The van der Waals surface area contributed by atoms with Crippen LogP contribution in [0.5, 0.6) is 5.75 Å². The molecule has 1 N–H and O–H groups in total. The highest BCUT2D eigenvalue weighted by Crippen LogP contribution is 2.34. The predicted molar refractivity (Wildman–Crippen MR) is 112 cm³/mol. The molecule has 0 bridgehead atoms. The van der Waals surface area contributed by atoms with E-state index in [4.69, 9.17) is 32.7 Å². The van der Waals surface area contributed by atoms with Crippen molar-refractivity contribution in [2.45, 2.75) is 19.9 Å². The number of hydrogen-bond acceptors (Lipinski definition) is 4. The average Bonchev–Trinajstić information content (AvgIpc) is 3.02. The van der Waals surface area contributed by atoms with E-state index in [1.54, 1.807) is 0 Å². The van der Waals surface area contributed by atoms with Crippen LogP contribution in [0.25, 0.3) is 11.0 Å². The van der Waals surface area contributed by atoms with Gasteiger partial charge in [0.05, 0.1) is 28.2 Å². The van der Waals surface area contributed by atoms with Gasteiger partial charge < -0.3 is 14.0 Å². The summed E-state index contributed by atoms with van der Waals surface area (Å²) in [4.78, 5) is 17.3. The summed E-state index contributed by atoms with van der Waals surface area (Å²) in [7, 11) is 1.47. The number of halogens is 2. The van der Waals surface area contributed by atoms with Crippen molar-refractivity contribution in [3.05, 3.63) is 52.0 Å². The highest BCUT2D eigenvalue weighted by atomic mass is 35.5. The summed E-state index contributed by atoms with van der Waals surface area (Å²) < 4.78 is 12.5. The van der Waals surface area contributed by atoms with Crippen LogP contribution in [0, 0.1) is 0 Å². The van der Waals surface area contributed by atoms with Crippen LogP contribution < -0.4 is 10.1 Å². The van der Waals surface area contributed by atoms with E-state index in [-0.39, 0.29) is 16.0 Å². The highest BCUT2D eigenvalue weighted by Gasteiger charge is 2.17. The van der Waals surface area contributed by atoms with E-state index in [0.717, 1.165) is 17.5 Å². The van der Waals surface area contributed by atoms with Crippen LogP contribution >= 0.6 is 23.2 Å². The molecule has 0 saturated heterocycles. The standard InChI is InChI=1S/C20H21Cl2N3O3/c1-3-28-10-6-9-25-17-8-5-4-7-16(17)23-20(25)24-19(26)13-11-14(21)18(27-2)15(22)12-13/h4-5,7-8,11-12H,3,6,9-10H2,1-2H3,(H,23,24,26). The summed E-state index contributed by atoms with van der Waals surface area (Å²) in [6.07, 6.45) is 0.803. The zero-order valence-electron chi connectivity index (χ0n) is 15.7. The van der Waals surface area contributed by atoms with Gasteiger partial charge in [0.15, 0.2) is 5.75 Å². The zero-order chi connectivity index (χ0) is 20.1. The number of para-hydroxylation sites is 2. The van der Waals surface area contributed by atoms with E-state index in [2.05, 4.69) is 10.3 Å². The first-order valence-electron chi connectivity index (χ1n) is 8.92. The quantitative estimate of drug-likeness (QED) is 0.517. The molecule has 0 aliphatic rings. The van der Waals surface area contributed by atoms with Crippen molar-refractivity contribution in [2.75, 3.05) is 25.6 Å². The van der Waals surface area contributed by atoms with Gasteiger partial charge in [-0.1, -0.05) is 35.3 Å². The fraction of sp³-hybridized carbons (Fsp3) is 0.300. The van der Waals surface area contributed by atoms with Gasteiger partial charge >= 0.3 is 0 Å². The number of rotatable bonds is 8. The van der Waals surface area contributed by atoms with Crippen LogP contribution in [0.2, 0.25) is 10.0 Å². The number of amides is 1. The molecule has 3 aromatic rings. The van der Waals surface area contributed by atoms with E-state index in [1.165, 1.54) is 19.2 Å². The largest absolute Gasteiger partial charge is 0.494 e. The number of carbonyl (C=O) groups is 1. The molecule has 0 atom stereocenters. The number of nitrogens with zero attached hydrogens (tertiary/aromatic N) is 2. The van der Waals surface area contributed by atoms with Crippen LogP contribution in [-0.4, -0.2) is 35.8 Å². The van der Waals surface area contributed by atoms with Crippen LogP contribution in [0.4, 0.5) is 5.95 Å². The molecule has 0 unspecified atom stereocenters. The maximum Gasteiger partial charge on any atom is 0.258 e. The topological polar surface area (TPSA) is 65.4 Å². The minimum Gasteiger partial charge on any atom is -0.494 e. The molecule has 0 aliphatic heterocycles. The number of carbonyl (C=O) groups excluding carboxylic acids is 1. The summed E-state index contributed by atoms with van der Waals surface area (Å²) in [5, 5.41) is 3.40. The fourth-order valence-corrected chi connectivity index (χ4v) is 3.57. The minimum atomic E-state index is -0.354. The molecule has 3 rings (SSSR count). The third-order valence-corrected chi connectivity index (χ3v) is 4.78. The summed E-state index contributed by atoms with van der Waals surface area (Å²) in [5.41, 5.74) is 2.07. The van der Waals surface area contributed by atoms with Gasteiger partial charge in [-0.05, 0) is 37.6 Å². The zero-order valence-corrected chi connectivity index (χ0v) is 17.2. The van der Waals surface area contributed by atoms with Gasteiger partial charge in [-0.2, -0.15) is 0 Å². The Labute approximate surface area is 173 Å². The average molecular weight is 422 g/mol. The Morgan fingerprint density at radius 3 is 2.61 bits per heavy atom. The number of hydrogen-bond donors (Lipinski definition) is 1. The SMILES string of the molecule is CCOCCCn1c(NC(=O)c2cc(Cl)c(OC)c(Cl)c2)nc2ccccc21. The monoisotopic (exact) mass is 421 g/mol. The number of nitrogens with one attached hydrogen (secondary N) is 1. The number of imidazole rings is 1. The Balaban J connectivity index is 1.88. The maximum atomic E-state index is 12.8. The fourth-order valence-electron chi connectivity index (χ4n) is 2.93. The Kier molecular flexibility index (Phi) is 6.78. The van der Waals surface area contributed by atoms with Crippen molar-refractivity contribution in [1.29, 1.82) is 0 Å². The Hall–Kier alpha value is -2.28. The first-order chi connectivity index (χ1) is 13.5. The van der Waals surface area contributed by atoms with Crippen LogP contribution in [0.3, 0.4) is 0 Å². The molecule has 1 heterocycles. The van der Waals surface area contributed by atoms with Crippen molar-refractivity contribution in [1.82, 2.24) is 9.55 Å². The lowest BCUT2D eigenvalue weighted by molar-refractivity contribution is 0.102. The second-order valence-electron chi connectivity index (χ2n) is 6.05. The van der Waals surface area contributed by atoms with E-state index in [1.807, 2.05) is 35.8 Å². The van der Waals surface area contributed by atoms with Gasteiger partial charge in [-0.3, -0.25) is 10.1 Å². The van der Waals surface area contributed by atoms with Gasteiger partial charge in [-0.15, -0.1) is 0 Å². The minimum absolute atomic E-state index is 0.269. The molecule has 2 aromatic carbocycles. The lowest BCUT2D eigenvalue weighted by Gasteiger charge is -2.12. The number of fused-ring (bicyclic) bond motifs is 1. The molecule has 0 saturated carbocycles. The number of aryl methyl sites for hydroxylation is 1. The molecular weight excluding hydrogens is 401 g/mol. The van der Waals surface area contributed by atoms with E-state index >= 15 is 0 Å². The number of aromatic nitrogens is 2. The third kappa shape index (κ3) is 4.41. The smallest absolute Gasteiger partial charge is 0.258 e. The van der Waals surface area contributed by atoms with Gasteiger partial charge in [0, 0.05) is 25.3 Å². The molecule has 1 aromatic heterocycles. The van der Waals surface area contributed by atoms with Gasteiger partial charge in [0.25, 0.3) is 5.91 Å². The molecule has 0 fully saturated rings. The normalized spacial score (nSPS) is 11.0. The van der Waals surface area contributed by atoms with Crippen LogP contribution in [0.1, 0.15) is 23.7 Å². The molecule has 148 valence electrons. The molecule has 1 amide bonds. The Bertz CT molecular complexity index is 965. The van der Waals surface area contributed by atoms with Crippen molar-refractivity contribution < 1.29 is 14.3 Å². The molecular formula is C20H21Cl2N3O3. The maximum absolute atomic E-state index is 12.8. The number of benzene rings is 2.